The van der Waals surface area contributed by atoms with Crippen LogP contribution in [0.5, 0.6) is 23.0 Å². The molecule has 2 amide bonds. The van der Waals surface area contributed by atoms with Crippen LogP contribution in [0.1, 0.15) is 25.8 Å². The van der Waals surface area contributed by atoms with E-state index in [1.165, 1.54) is 57.6 Å². The molecular weight excluding hydrogens is 654 g/mol. The van der Waals surface area contributed by atoms with Crippen LogP contribution in [-0.2, 0) is 26.2 Å². The average Bonchev–Trinajstić information content (AvgIpc) is 3.04. The molecule has 1 N–H and O–H groups in total. The number of hydrogen-bond acceptors (Lipinski definition) is 8. The van der Waals surface area contributed by atoms with E-state index in [1.807, 2.05) is 31.2 Å². The van der Waals surface area contributed by atoms with Crippen molar-refractivity contribution in [1.29, 1.82) is 0 Å². The summed E-state index contributed by atoms with van der Waals surface area (Å²) in [5.74, 6) is 0.0957. The molecule has 0 unspecified atom stereocenters. The standard InChI is InChI=1S/C31H38BrN3O8S/c1-7-16-33-31(37)21(2)34(19-22-8-10-23(32)11-9-22)30(36)20-35(26-17-24(40-3)12-14-27(26)41-4)44(38,39)25-13-15-28(42-5)29(18-25)43-6/h8-15,17-18,21H,7,16,19-20H2,1-6H3,(H,33,37)/t21-/m1/s1. The van der Waals surface area contributed by atoms with Crippen LogP contribution in [0.15, 0.2) is 70.0 Å². The van der Waals surface area contributed by atoms with E-state index in [0.29, 0.717) is 24.5 Å². The van der Waals surface area contributed by atoms with Gasteiger partial charge in [0.2, 0.25) is 11.8 Å². The molecule has 3 aromatic carbocycles. The first kappa shape index (κ1) is 34.5. The highest BCUT2D eigenvalue weighted by Gasteiger charge is 2.34. The molecule has 0 saturated heterocycles. The van der Waals surface area contributed by atoms with Crippen LogP contribution in [0.25, 0.3) is 0 Å². The third kappa shape index (κ3) is 8.14. The lowest BCUT2D eigenvalue weighted by Crippen LogP contribution is -2.51. The minimum absolute atomic E-state index is 0.0618. The molecule has 0 heterocycles. The summed E-state index contributed by atoms with van der Waals surface area (Å²) in [5, 5.41) is 2.83. The Morgan fingerprint density at radius 1 is 0.864 bits per heavy atom. The Morgan fingerprint density at radius 3 is 2.09 bits per heavy atom. The molecule has 0 spiro atoms. The van der Waals surface area contributed by atoms with Crippen molar-refractivity contribution in [2.24, 2.45) is 0 Å². The number of ether oxygens (including phenoxy) is 4. The second-order valence-electron chi connectivity index (χ2n) is 9.68. The topological polar surface area (TPSA) is 124 Å². The summed E-state index contributed by atoms with van der Waals surface area (Å²) in [7, 11) is 1.25. The molecular formula is C31H38BrN3O8S. The molecule has 0 radical (unpaired) electrons. The van der Waals surface area contributed by atoms with Gasteiger partial charge in [0, 0.05) is 29.7 Å². The zero-order chi connectivity index (χ0) is 32.4. The van der Waals surface area contributed by atoms with Gasteiger partial charge in [-0.3, -0.25) is 13.9 Å². The fourth-order valence-corrected chi connectivity index (χ4v) is 6.07. The number of nitrogens with zero attached hydrogens (tertiary/aromatic N) is 2. The van der Waals surface area contributed by atoms with Crippen LogP contribution in [0, 0.1) is 0 Å². The molecule has 0 aromatic heterocycles. The molecule has 0 aliphatic rings. The Hall–Kier alpha value is -3.97. The summed E-state index contributed by atoms with van der Waals surface area (Å²) in [5.41, 5.74) is 0.826. The summed E-state index contributed by atoms with van der Waals surface area (Å²) < 4.78 is 52.0. The normalized spacial score (nSPS) is 11.7. The van der Waals surface area contributed by atoms with Crippen molar-refractivity contribution in [3.8, 4) is 23.0 Å². The monoisotopic (exact) mass is 691 g/mol. The molecule has 0 bridgehead atoms. The van der Waals surface area contributed by atoms with Crippen LogP contribution >= 0.6 is 15.9 Å². The molecule has 44 heavy (non-hydrogen) atoms. The Labute approximate surface area is 267 Å². The van der Waals surface area contributed by atoms with E-state index in [9.17, 15) is 18.0 Å². The van der Waals surface area contributed by atoms with E-state index >= 15 is 0 Å². The second kappa shape index (κ2) is 15.7. The minimum atomic E-state index is -4.43. The predicted molar refractivity (Wildman–Crippen MR) is 171 cm³/mol. The first-order chi connectivity index (χ1) is 21.0. The third-order valence-corrected chi connectivity index (χ3v) is 9.14. The molecule has 0 saturated carbocycles. The quantitative estimate of drug-likeness (QED) is 0.245. The first-order valence-corrected chi connectivity index (χ1v) is 16.0. The predicted octanol–water partition coefficient (Wildman–Crippen LogP) is 4.62. The van der Waals surface area contributed by atoms with E-state index in [0.717, 1.165) is 14.3 Å². The number of sulfonamides is 1. The summed E-state index contributed by atoms with van der Waals surface area (Å²) in [6.07, 6.45) is 0.714. The highest BCUT2D eigenvalue weighted by Crippen LogP contribution is 2.37. The number of benzene rings is 3. The van der Waals surface area contributed by atoms with Crippen LogP contribution in [0.2, 0.25) is 0 Å². The Bertz CT molecular complexity index is 1550. The van der Waals surface area contributed by atoms with Crippen LogP contribution < -0.4 is 28.6 Å². The largest absolute Gasteiger partial charge is 0.497 e. The number of anilines is 1. The Kier molecular flexibility index (Phi) is 12.3. The van der Waals surface area contributed by atoms with Gasteiger partial charge >= 0.3 is 0 Å². The lowest BCUT2D eigenvalue weighted by atomic mass is 10.1. The van der Waals surface area contributed by atoms with Crippen LogP contribution in [0.3, 0.4) is 0 Å². The maximum absolute atomic E-state index is 14.3. The number of hydrogen-bond donors (Lipinski definition) is 1. The van der Waals surface area contributed by atoms with Gasteiger partial charge in [-0.05, 0) is 55.3 Å². The van der Waals surface area contributed by atoms with E-state index < -0.39 is 28.5 Å². The maximum atomic E-state index is 14.3. The van der Waals surface area contributed by atoms with E-state index in [1.54, 1.807) is 19.1 Å². The number of methoxy groups -OCH3 is 4. The number of halogens is 1. The van der Waals surface area contributed by atoms with Crippen molar-refractivity contribution < 1.29 is 37.0 Å². The highest BCUT2D eigenvalue weighted by atomic mass is 79.9. The van der Waals surface area contributed by atoms with Gasteiger partial charge in [-0.2, -0.15) is 0 Å². The smallest absolute Gasteiger partial charge is 0.265 e. The molecule has 0 aliphatic carbocycles. The Morgan fingerprint density at radius 2 is 1.50 bits per heavy atom. The molecule has 1 atom stereocenters. The molecule has 238 valence electrons. The highest BCUT2D eigenvalue weighted by molar-refractivity contribution is 9.10. The Balaban J connectivity index is 2.15. The lowest BCUT2D eigenvalue weighted by molar-refractivity contribution is -0.139. The van der Waals surface area contributed by atoms with Gasteiger partial charge in [0.15, 0.2) is 11.5 Å². The van der Waals surface area contributed by atoms with Crippen molar-refractivity contribution in [2.45, 2.75) is 37.8 Å². The van der Waals surface area contributed by atoms with Crippen LogP contribution in [0.4, 0.5) is 5.69 Å². The maximum Gasteiger partial charge on any atom is 0.265 e. The van der Waals surface area contributed by atoms with Gasteiger partial charge < -0.3 is 29.2 Å². The molecule has 0 aliphatic heterocycles. The molecule has 13 heteroatoms. The van der Waals surface area contributed by atoms with Crippen molar-refractivity contribution in [1.82, 2.24) is 10.2 Å². The van der Waals surface area contributed by atoms with Crippen molar-refractivity contribution in [2.75, 3.05) is 45.8 Å². The zero-order valence-electron chi connectivity index (χ0n) is 25.6. The second-order valence-corrected chi connectivity index (χ2v) is 12.5. The fraction of sp³-hybridized carbons (Fsp3) is 0.355. The van der Waals surface area contributed by atoms with Gasteiger partial charge in [0.1, 0.15) is 24.1 Å². The van der Waals surface area contributed by atoms with Gasteiger partial charge in [-0.25, -0.2) is 8.42 Å². The summed E-state index contributed by atoms with van der Waals surface area (Å²) in [6, 6.07) is 15.2. The molecule has 0 fully saturated rings. The average molecular weight is 693 g/mol. The van der Waals surface area contributed by atoms with Gasteiger partial charge in [0.05, 0.1) is 39.0 Å². The fourth-order valence-electron chi connectivity index (χ4n) is 4.37. The number of rotatable bonds is 15. The SMILES string of the molecule is CCCNC(=O)[C@@H](C)N(Cc1ccc(Br)cc1)C(=O)CN(c1cc(OC)ccc1OC)S(=O)(=O)c1ccc(OC)c(OC)c1. The number of carbonyl (C=O) groups excluding carboxylic acids is 2. The summed E-state index contributed by atoms with van der Waals surface area (Å²) >= 11 is 3.41. The lowest BCUT2D eigenvalue weighted by Gasteiger charge is -2.32. The van der Waals surface area contributed by atoms with Gasteiger partial charge in [-0.15, -0.1) is 0 Å². The van der Waals surface area contributed by atoms with Crippen molar-refractivity contribution >= 4 is 43.5 Å². The van der Waals surface area contributed by atoms with E-state index in [2.05, 4.69) is 21.2 Å². The number of nitrogens with one attached hydrogen (secondary N) is 1. The molecule has 3 aromatic rings. The van der Waals surface area contributed by atoms with Crippen molar-refractivity contribution in [3.05, 3.63) is 70.7 Å². The summed E-state index contributed by atoms with van der Waals surface area (Å²) in [6.45, 7) is 3.38. The van der Waals surface area contributed by atoms with Gasteiger partial charge in [0.25, 0.3) is 10.0 Å². The number of carbonyl (C=O) groups is 2. The van der Waals surface area contributed by atoms with Gasteiger partial charge in [-0.1, -0.05) is 35.0 Å². The zero-order valence-corrected chi connectivity index (χ0v) is 28.0. The van der Waals surface area contributed by atoms with E-state index in [4.69, 9.17) is 18.9 Å². The van der Waals surface area contributed by atoms with E-state index in [-0.39, 0.29) is 34.5 Å². The van der Waals surface area contributed by atoms with Crippen molar-refractivity contribution in [3.63, 3.8) is 0 Å². The summed E-state index contributed by atoms with van der Waals surface area (Å²) in [4.78, 5) is 28.5. The third-order valence-electron chi connectivity index (χ3n) is 6.86. The first-order valence-electron chi connectivity index (χ1n) is 13.8. The van der Waals surface area contributed by atoms with Crippen LogP contribution in [-0.4, -0.2) is 72.7 Å². The number of amides is 2. The minimum Gasteiger partial charge on any atom is -0.497 e. The molecule has 11 nitrogen and oxygen atoms in total. The molecule has 3 rings (SSSR count).